The van der Waals surface area contributed by atoms with Crippen molar-refractivity contribution in [2.75, 3.05) is 0 Å². The molecule has 2 aliphatic rings. The number of hydrogen-bond donors (Lipinski definition) is 0. The minimum Gasteiger partial charge on any atom is -0.0776 e. The van der Waals surface area contributed by atoms with E-state index in [0.717, 1.165) is 11.3 Å². The van der Waals surface area contributed by atoms with Gasteiger partial charge in [-0.3, -0.25) is 0 Å². The van der Waals surface area contributed by atoms with E-state index in [1.807, 2.05) is 0 Å². The van der Waals surface area contributed by atoms with Crippen molar-refractivity contribution in [1.82, 2.24) is 0 Å². The van der Waals surface area contributed by atoms with E-state index >= 15 is 0 Å². The van der Waals surface area contributed by atoms with E-state index in [0.29, 0.717) is 0 Å². The van der Waals surface area contributed by atoms with Crippen molar-refractivity contribution in [2.45, 2.75) is 73.1 Å². The molecule has 0 radical (unpaired) electrons. The molecule has 0 heteroatoms. The molecule has 80 valence electrons. The molecule has 2 fully saturated rings. The van der Waals surface area contributed by atoms with E-state index in [4.69, 9.17) is 0 Å². The zero-order chi connectivity index (χ0) is 7.73. The lowest BCUT2D eigenvalue weighted by molar-refractivity contribution is -0.0111. The van der Waals surface area contributed by atoms with Crippen LogP contribution in [0.25, 0.3) is 0 Å². The first-order chi connectivity index (χ1) is 5.37. The summed E-state index contributed by atoms with van der Waals surface area (Å²) in [5.41, 5.74) is 0.868. The highest BCUT2D eigenvalue weighted by Crippen LogP contribution is 2.56. The highest BCUT2D eigenvalue weighted by atomic mass is 14.5. The van der Waals surface area contributed by atoms with Gasteiger partial charge in [0.05, 0.1) is 0 Å². The van der Waals surface area contributed by atoms with Crippen LogP contribution in [0.1, 0.15) is 73.1 Å². The molecule has 0 aromatic rings. The van der Waals surface area contributed by atoms with E-state index in [1.165, 1.54) is 32.1 Å². The normalized spacial score (nSPS) is 29.8. The highest BCUT2D eigenvalue weighted by molar-refractivity contribution is 4.96. The lowest BCUT2D eigenvalue weighted by atomic mass is 9.53. The van der Waals surface area contributed by atoms with Crippen molar-refractivity contribution < 1.29 is 0 Å². The van der Waals surface area contributed by atoms with Gasteiger partial charge in [0.2, 0.25) is 0 Å². The molecule has 0 aromatic heterocycles. The van der Waals surface area contributed by atoms with Crippen LogP contribution in [0.4, 0.5) is 0 Å². The minimum atomic E-state index is 0. The van der Waals surface area contributed by atoms with Gasteiger partial charge in [0.1, 0.15) is 0 Å². The molecule has 0 amide bonds. The summed E-state index contributed by atoms with van der Waals surface area (Å²) in [6, 6.07) is 0. The Morgan fingerprint density at radius 2 is 1.62 bits per heavy atom. The monoisotopic (exact) mass is 184 g/mol. The molecule has 2 saturated carbocycles. The smallest absolute Gasteiger partial charge is 0.0269 e. The third-order valence-corrected chi connectivity index (χ3v) is 4.20. The lowest BCUT2D eigenvalue weighted by Crippen LogP contribution is -2.41. The van der Waals surface area contributed by atoms with Crippen molar-refractivity contribution in [1.29, 1.82) is 0 Å². The lowest BCUT2D eigenvalue weighted by Gasteiger charge is -2.52. The van der Waals surface area contributed by atoms with E-state index in [9.17, 15) is 0 Å². The van der Waals surface area contributed by atoms with Crippen LogP contribution in [0, 0.1) is 11.3 Å². The SMILES string of the molecule is C.C.CCC1CCC12CCCCC2. The summed E-state index contributed by atoms with van der Waals surface area (Å²) in [6.07, 6.45) is 12.2. The molecule has 1 atom stereocenters. The predicted octanol–water partition coefficient (Wildman–Crippen LogP) is 5.03. The average molecular weight is 184 g/mol. The van der Waals surface area contributed by atoms with Crippen molar-refractivity contribution in [3.8, 4) is 0 Å². The molecule has 13 heavy (non-hydrogen) atoms. The fraction of sp³-hybridized carbons (Fsp3) is 1.00. The maximum absolute atomic E-state index is 2.38. The summed E-state index contributed by atoms with van der Waals surface area (Å²) >= 11 is 0. The first-order valence-electron chi connectivity index (χ1n) is 5.37. The van der Waals surface area contributed by atoms with Gasteiger partial charge in [-0.2, -0.15) is 0 Å². The van der Waals surface area contributed by atoms with Gasteiger partial charge in [0.15, 0.2) is 0 Å². The van der Waals surface area contributed by atoms with Crippen molar-refractivity contribution >= 4 is 0 Å². The summed E-state index contributed by atoms with van der Waals surface area (Å²) in [5.74, 6) is 1.11. The third-order valence-electron chi connectivity index (χ3n) is 4.20. The Morgan fingerprint density at radius 1 is 1.00 bits per heavy atom. The van der Waals surface area contributed by atoms with Gasteiger partial charge in [0.25, 0.3) is 0 Å². The topological polar surface area (TPSA) is 0 Å². The summed E-state index contributed by atoms with van der Waals surface area (Å²) < 4.78 is 0. The second-order valence-corrected chi connectivity index (χ2v) is 4.57. The van der Waals surface area contributed by atoms with Crippen molar-refractivity contribution in [3.05, 3.63) is 0 Å². The van der Waals surface area contributed by atoms with Gasteiger partial charge in [-0.25, -0.2) is 0 Å². The van der Waals surface area contributed by atoms with Crippen LogP contribution in [0.3, 0.4) is 0 Å². The van der Waals surface area contributed by atoms with Crippen LogP contribution >= 0.6 is 0 Å². The fourth-order valence-corrected chi connectivity index (χ4v) is 3.31. The van der Waals surface area contributed by atoms with Gasteiger partial charge < -0.3 is 0 Å². The van der Waals surface area contributed by atoms with E-state index < -0.39 is 0 Å². The molecule has 2 rings (SSSR count). The summed E-state index contributed by atoms with van der Waals surface area (Å²) in [6.45, 7) is 2.38. The van der Waals surface area contributed by atoms with Gasteiger partial charge in [-0.05, 0) is 37.0 Å². The Labute approximate surface area is 85.1 Å². The predicted molar refractivity (Wildman–Crippen MR) is 62.0 cm³/mol. The molecule has 0 bridgehead atoms. The first kappa shape index (κ1) is 13.0. The maximum atomic E-state index is 2.38. The molecule has 0 nitrogen and oxygen atoms in total. The molecule has 0 aromatic carbocycles. The summed E-state index contributed by atoms with van der Waals surface area (Å²) in [5, 5.41) is 0. The van der Waals surface area contributed by atoms with E-state index in [1.54, 1.807) is 19.3 Å². The largest absolute Gasteiger partial charge is 0.0776 e. The van der Waals surface area contributed by atoms with Crippen LogP contribution in [-0.2, 0) is 0 Å². The van der Waals surface area contributed by atoms with E-state index in [-0.39, 0.29) is 14.9 Å². The van der Waals surface area contributed by atoms with Crippen molar-refractivity contribution in [2.24, 2.45) is 11.3 Å². The Balaban J connectivity index is 0.000000720. The molecule has 0 aliphatic heterocycles. The first-order valence-corrected chi connectivity index (χ1v) is 5.37. The van der Waals surface area contributed by atoms with Gasteiger partial charge in [-0.15, -0.1) is 0 Å². The second-order valence-electron chi connectivity index (χ2n) is 4.57. The quantitative estimate of drug-likeness (QED) is 0.536. The van der Waals surface area contributed by atoms with Gasteiger partial charge in [-0.1, -0.05) is 47.5 Å². The van der Waals surface area contributed by atoms with E-state index in [2.05, 4.69) is 6.92 Å². The minimum absolute atomic E-state index is 0. The van der Waals surface area contributed by atoms with Crippen LogP contribution < -0.4 is 0 Å². The highest BCUT2D eigenvalue weighted by Gasteiger charge is 2.45. The molecule has 0 heterocycles. The number of hydrogen-bond acceptors (Lipinski definition) is 0. The average Bonchev–Trinajstić information content (AvgIpc) is 2.05. The van der Waals surface area contributed by atoms with Crippen molar-refractivity contribution in [3.63, 3.8) is 0 Å². The third kappa shape index (κ3) is 2.08. The zero-order valence-corrected chi connectivity index (χ0v) is 7.73. The molecular formula is C13H28. The van der Waals surface area contributed by atoms with Crippen LogP contribution in [0.2, 0.25) is 0 Å². The zero-order valence-electron chi connectivity index (χ0n) is 7.73. The molecular weight excluding hydrogens is 156 g/mol. The van der Waals surface area contributed by atoms with Gasteiger partial charge >= 0.3 is 0 Å². The van der Waals surface area contributed by atoms with Crippen LogP contribution in [-0.4, -0.2) is 0 Å². The van der Waals surface area contributed by atoms with Crippen LogP contribution in [0.15, 0.2) is 0 Å². The Hall–Kier alpha value is 0. The van der Waals surface area contributed by atoms with Crippen LogP contribution in [0.5, 0.6) is 0 Å². The molecule has 0 N–H and O–H groups in total. The Bertz CT molecular complexity index is 129. The molecule has 1 spiro atoms. The summed E-state index contributed by atoms with van der Waals surface area (Å²) in [4.78, 5) is 0. The standard InChI is InChI=1S/C11H20.2CH4/c1-2-10-6-9-11(10)7-4-3-5-8-11;;/h10H,2-9H2,1H3;2*1H4. The maximum Gasteiger partial charge on any atom is -0.0269 e. The Morgan fingerprint density at radius 3 is 2.00 bits per heavy atom. The Kier molecular flexibility index (Phi) is 5.02. The fourth-order valence-electron chi connectivity index (χ4n) is 3.31. The number of rotatable bonds is 1. The van der Waals surface area contributed by atoms with Gasteiger partial charge in [0, 0.05) is 0 Å². The molecule has 0 saturated heterocycles. The molecule has 1 unspecified atom stereocenters. The second kappa shape index (κ2) is 5.02. The summed E-state index contributed by atoms with van der Waals surface area (Å²) in [7, 11) is 0. The molecule has 2 aliphatic carbocycles.